The molecule has 1 aromatic heterocycles. The van der Waals surface area contributed by atoms with Crippen molar-refractivity contribution >= 4 is 39.1 Å². The number of nitrogens with one attached hydrogen (secondary N) is 1. The lowest BCUT2D eigenvalue weighted by molar-refractivity contribution is 0.0602. The van der Waals surface area contributed by atoms with Crippen LogP contribution in [0.5, 0.6) is 0 Å². The van der Waals surface area contributed by atoms with Crippen molar-refractivity contribution in [2.45, 2.75) is 0 Å². The largest absolute Gasteiger partial charge is 0.465 e. The summed E-state index contributed by atoms with van der Waals surface area (Å²) in [6.07, 6.45) is 2.27. The molecule has 1 aromatic carbocycles. The van der Waals surface area contributed by atoms with Crippen LogP contribution in [0.3, 0.4) is 0 Å². The normalized spacial score (nSPS) is 10.4. The zero-order valence-electron chi connectivity index (χ0n) is 8.41. The second-order valence-corrected chi connectivity index (χ2v) is 4.05. The summed E-state index contributed by atoms with van der Waals surface area (Å²) in [6, 6.07) is 3.53. The number of benzene rings is 1. The van der Waals surface area contributed by atoms with Crippen LogP contribution in [0.2, 0.25) is 0 Å². The Morgan fingerprint density at radius 2 is 2.25 bits per heavy atom. The van der Waals surface area contributed by atoms with Crippen LogP contribution in [0.25, 0.3) is 10.9 Å². The van der Waals surface area contributed by atoms with E-state index in [0.717, 1.165) is 5.52 Å². The summed E-state index contributed by atoms with van der Waals surface area (Å²) in [7, 11) is 1.31. The first-order chi connectivity index (χ1) is 7.69. The lowest BCUT2D eigenvalue weighted by Gasteiger charge is -2.04. The predicted octanol–water partition coefficient (Wildman–Crippen LogP) is 2.53. The SMILES string of the molecule is COC(=O)c1c(Br)ccc2[nH]cc(C=O)c12. The molecule has 0 aliphatic carbocycles. The Morgan fingerprint density at radius 1 is 1.50 bits per heavy atom. The van der Waals surface area contributed by atoms with Gasteiger partial charge in [-0.1, -0.05) is 0 Å². The van der Waals surface area contributed by atoms with Crippen LogP contribution in [0.1, 0.15) is 20.7 Å². The maximum absolute atomic E-state index is 11.6. The summed E-state index contributed by atoms with van der Waals surface area (Å²) in [5, 5.41) is 0.580. The van der Waals surface area contributed by atoms with E-state index in [1.807, 2.05) is 0 Å². The Balaban J connectivity index is 2.86. The van der Waals surface area contributed by atoms with Crippen molar-refractivity contribution in [1.82, 2.24) is 4.98 Å². The van der Waals surface area contributed by atoms with Gasteiger partial charge in [0.2, 0.25) is 0 Å². The monoisotopic (exact) mass is 281 g/mol. The van der Waals surface area contributed by atoms with Gasteiger partial charge < -0.3 is 9.72 Å². The van der Waals surface area contributed by atoms with Crippen molar-refractivity contribution in [2.75, 3.05) is 7.11 Å². The number of aromatic amines is 1. The summed E-state index contributed by atoms with van der Waals surface area (Å²) < 4.78 is 5.30. The molecule has 0 spiro atoms. The van der Waals surface area contributed by atoms with Gasteiger partial charge in [0.15, 0.2) is 6.29 Å². The van der Waals surface area contributed by atoms with Gasteiger partial charge in [-0.15, -0.1) is 0 Å². The second-order valence-electron chi connectivity index (χ2n) is 3.20. The highest BCUT2D eigenvalue weighted by molar-refractivity contribution is 9.10. The van der Waals surface area contributed by atoms with Gasteiger partial charge in [0.05, 0.1) is 12.7 Å². The topological polar surface area (TPSA) is 59.2 Å². The van der Waals surface area contributed by atoms with Crippen molar-refractivity contribution in [3.63, 3.8) is 0 Å². The first kappa shape index (κ1) is 10.9. The molecule has 16 heavy (non-hydrogen) atoms. The number of carbonyl (C=O) groups excluding carboxylic acids is 2. The van der Waals surface area contributed by atoms with E-state index in [2.05, 4.69) is 20.9 Å². The molecule has 5 heteroatoms. The molecule has 0 bridgehead atoms. The first-order valence-electron chi connectivity index (χ1n) is 4.52. The second kappa shape index (κ2) is 4.09. The fraction of sp³-hybridized carbons (Fsp3) is 0.0909. The predicted molar refractivity (Wildman–Crippen MR) is 62.7 cm³/mol. The molecule has 0 atom stereocenters. The lowest BCUT2D eigenvalue weighted by atomic mass is 10.1. The third kappa shape index (κ3) is 1.53. The molecule has 4 nitrogen and oxygen atoms in total. The van der Waals surface area contributed by atoms with Gasteiger partial charge in [-0.25, -0.2) is 4.79 Å². The van der Waals surface area contributed by atoms with Gasteiger partial charge in [0.25, 0.3) is 0 Å². The molecule has 1 N–H and O–H groups in total. The Morgan fingerprint density at radius 3 is 2.88 bits per heavy atom. The Labute approximate surface area is 99.7 Å². The van der Waals surface area contributed by atoms with Crippen LogP contribution in [0, 0.1) is 0 Å². The van der Waals surface area contributed by atoms with Gasteiger partial charge in [0, 0.05) is 27.1 Å². The van der Waals surface area contributed by atoms with Crippen LogP contribution in [0.15, 0.2) is 22.8 Å². The molecule has 82 valence electrons. The number of halogens is 1. The minimum atomic E-state index is -0.472. The summed E-state index contributed by atoms with van der Waals surface area (Å²) >= 11 is 3.28. The smallest absolute Gasteiger partial charge is 0.339 e. The summed E-state index contributed by atoms with van der Waals surface area (Å²) in [4.78, 5) is 25.4. The number of aromatic nitrogens is 1. The highest BCUT2D eigenvalue weighted by Crippen LogP contribution is 2.28. The minimum Gasteiger partial charge on any atom is -0.465 e. The van der Waals surface area contributed by atoms with E-state index in [9.17, 15) is 9.59 Å². The van der Waals surface area contributed by atoms with Crippen LogP contribution in [-0.4, -0.2) is 24.3 Å². The molecule has 0 radical (unpaired) electrons. The van der Waals surface area contributed by atoms with Crippen LogP contribution >= 0.6 is 15.9 Å². The zero-order valence-corrected chi connectivity index (χ0v) is 10.00. The van der Waals surface area contributed by atoms with Gasteiger partial charge in [-0.2, -0.15) is 0 Å². The number of hydrogen-bond acceptors (Lipinski definition) is 3. The van der Waals surface area contributed by atoms with Crippen LogP contribution in [-0.2, 0) is 4.74 Å². The number of hydrogen-bond donors (Lipinski definition) is 1. The molecule has 1 heterocycles. The molecule has 0 unspecified atom stereocenters. The van der Waals surface area contributed by atoms with Gasteiger partial charge >= 0.3 is 5.97 Å². The summed E-state index contributed by atoms with van der Waals surface area (Å²) in [5.41, 5.74) is 1.53. The Kier molecular flexibility index (Phi) is 2.78. The first-order valence-corrected chi connectivity index (χ1v) is 5.31. The van der Waals surface area contributed by atoms with Crippen molar-refractivity contribution in [3.8, 4) is 0 Å². The molecule has 0 aliphatic heterocycles. The number of esters is 1. The third-order valence-corrected chi connectivity index (χ3v) is 3.00. The highest BCUT2D eigenvalue weighted by Gasteiger charge is 2.18. The Hall–Kier alpha value is -1.62. The average molecular weight is 282 g/mol. The van der Waals surface area contributed by atoms with E-state index >= 15 is 0 Å². The highest BCUT2D eigenvalue weighted by atomic mass is 79.9. The number of fused-ring (bicyclic) bond motifs is 1. The number of ether oxygens (including phenoxy) is 1. The van der Waals surface area contributed by atoms with Crippen molar-refractivity contribution in [2.24, 2.45) is 0 Å². The number of carbonyl (C=O) groups is 2. The van der Waals surface area contributed by atoms with E-state index in [4.69, 9.17) is 4.74 Å². The summed E-state index contributed by atoms with van der Waals surface area (Å²) in [5.74, 6) is -0.472. The number of methoxy groups -OCH3 is 1. The van der Waals surface area contributed by atoms with E-state index in [1.54, 1.807) is 18.3 Å². The molecular weight excluding hydrogens is 274 g/mol. The van der Waals surface area contributed by atoms with Crippen molar-refractivity contribution in [1.29, 1.82) is 0 Å². The zero-order chi connectivity index (χ0) is 11.7. The van der Waals surface area contributed by atoms with E-state index in [1.165, 1.54) is 7.11 Å². The van der Waals surface area contributed by atoms with Gasteiger partial charge in [-0.3, -0.25) is 4.79 Å². The average Bonchev–Trinajstić information content (AvgIpc) is 2.71. The third-order valence-electron chi connectivity index (χ3n) is 2.34. The van der Waals surface area contributed by atoms with E-state index < -0.39 is 5.97 Å². The fourth-order valence-electron chi connectivity index (χ4n) is 1.62. The summed E-state index contributed by atoms with van der Waals surface area (Å²) in [6.45, 7) is 0. The lowest BCUT2D eigenvalue weighted by Crippen LogP contribution is -2.03. The molecule has 2 aromatic rings. The molecule has 0 aliphatic rings. The van der Waals surface area contributed by atoms with Crippen molar-refractivity contribution in [3.05, 3.63) is 33.9 Å². The van der Waals surface area contributed by atoms with Crippen molar-refractivity contribution < 1.29 is 14.3 Å². The standard InChI is InChI=1S/C11H8BrNO3/c1-16-11(15)10-7(12)2-3-8-9(10)6(5-14)4-13-8/h2-5,13H,1H3. The molecular formula is C11H8BrNO3. The van der Waals surface area contributed by atoms with Gasteiger partial charge in [-0.05, 0) is 28.1 Å². The number of rotatable bonds is 2. The van der Waals surface area contributed by atoms with E-state index in [-0.39, 0.29) is 0 Å². The maximum atomic E-state index is 11.6. The maximum Gasteiger partial charge on any atom is 0.339 e. The molecule has 2 rings (SSSR count). The quantitative estimate of drug-likeness (QED) is 0.680. The minimum absolute atomic E-state index is 0.364. The van der Waals surface area contributed by atoms with E-state index in [0.29, 0.717) is 27.3 Å². The molecule has 0 amide bonds. The molecule has 0 fully saturated rings. The fourth-order valence-corrected chi connectivity index (χ4v) is 2.11. The van der Waals surface area contributed by atoms with Crippen LogP contribution in [0.4, 0.5) is 0 Å². The molecule has 0 saturated heterocycles. The number of H-pyrrole nitrogens is 1. The molecule has 0 saturated carbocycles. The van der Waals surface area contributed by atoms with Gasteiger partial charge in [0.1, 0.15) is 0 Å². The number of aldehydes is 1. The Bertz CT molecular complexity index is 574. The van der Waals surface area contributed by atoms with Crippen LogP contribution < -0.4 is 0 Å².